The molecule has 0 aliphatic rings. The Hall–Kier alpha value is -3.87. The van der Waals surface area contributed by atoms with Gasteiger partial charge in [-0.1, -0.05) is 42.0 Å². The Morgan fingerprint density at radius 2 is 1.50 bits per heavy atom. The predicted molar refractivity (Wildman–Crippen MR) is 126 cm³/mol. The molecule has 0 saturated heterocycles. The fourth-order valence-corrected chi connectivity index (χ4v) is 3.65. The Kier molecular flexibility index (Phi) is 7.10. The number of urea groups is 1. The largest absolute Gasteiger partial charge is 0.469 e. The van der Waals surface area contributed by atoms with E-state index in [4.69, 9.17) is 0 Å². The summed E-state index contributed by atoms with van der Waals surface area (Å²) in [5.74, 6) is -0.803. The molecule has 0 bridgehead atoms. The molecule has 0 radical (unpaired) electrons. The number of methoxy groups -OCH3 is 1. The predicted octanol–water partition coefficient (Wildman–Crippen LogP) is 4.70. The molecule has 3 rings (SSSR count). The number of fused-ring (bicyclic) bond motifs is 1. The molecule has 3 N–H and O–H groups in total. The maximum atomic E-state index is 12.8. The molecular weight excluding hydrogens is 406 g/mol. The first-order chi connectivity index (χ1) is 15.3. The fraction of sp³-hybridized carbons (Fsp3) is 0.240. The molecule has 0 aliphatic heterocycles. The van der Waals surface area contributed by atoms with Crippen molar-refractivity contribution in [2.24, 2.45) is 0 Å². The summed E-state index contributed by atoms with van der Waals surface area (Å²) in [6, 6.07) is 14.6. The molecular formula is C25H27N3O4. The van der Waals surface area contributed by atoms with Gasteiger partial charge in [0, 0.05) is 12.2 Å². The molecule has 3 amide bonds. The number of carbonyl (C=O) groups is 3. The van der Waals surface area contributed by atoms with Crippen LogP contribution in [0.25, 0.3) is 10.8 Å². The minimum Gasteiger partial charge on any atom is -0.469 e. The molecule has 0 aromatic heterocycles. The van der Waals surface area contributed by atoms with Crippen LogP contribution in [0.5, 0.6) is 0 Å². The monoisotopic (exact) mass is 433 g/mol. The summed E-state index contributed by atoms with van der Waals surface area (Å²) in [7, 11) is 1.30. The highest BCUT2D eigenvalue weighted by Crippen LogP contribution is 2.26. The summed E-state index contributed by atoms with van der Waals surface area (Å²) >= 11 is 0. The van der Waals surface area contributed by atoms with Crippen LogP contribution in [0.4, 0.5) is 16.2 Å². The van der Waals surface area contributed by atoms with Gasteiger partial charge in [-0.25, -0.2) is 4.79 Å². The van der Waals surface area contributed by atoms with E-state index < -0.39 is 17.9 Å². The van der Waals surface area contributed by atoms with Gasteiger partial charge in [0.05, 0.1) is 24.8 Å². The van der Waals surface area contributed by atoms with Crippen molar-refractivity contribution in [3.05, 3.63) is 70.8 Å². The van der Waals surface area contributed by atoms with Gasteiger partial charge in [-0.2, -0.15) is 0 Å². The van der Waals surface area contributed by atoms with Gasteiger partial charge >= 0.3 is 12.0 Å². The molecule has 3 aromatic carbocycles. The molecule has 0 unspecified atom stereocenters. The average Bonchev–Trinajstić information content (AvgIpc) is 2.75. The van der Waals surface area contributed by atoms with Crippen LogP contribution in [0.2, 0.25) is 0 Å². The molecule has 0 saturated carbocycles. The van der Waals surface area contributed by atoms with Crippen LogP contribution in [0.15, 0.2) is 48.5 Å². The van der Waals surface area contributed by atoms with Crippen molar-refractivity contribution in [2.75, 3.05) is 24.3 Å². The second-order valence-electron chi connectivity index (χ2n) is 7.68. The molecule has 0 spiro atoms. The molecule has 32 heavy (non-hydrogen) atoms. The molecule has 0 heterocycles. The number of benzene rings is 3. The lowest BCUT2D eigenvalue weighted by Crippen LogP contribution is -2.28. The lowest BCUT2D eigenvalue weighted by atomic mass is 10.0. The van der Waals surface area contributed by atoms with Gasteiger partial charge in [0.1, 0.15) is 0 Å². The van der Waals surface area contributed by atoms with Crippen LogP contribution in [0.1, 0.15) is 33.5 Å². The Bertz CT molecular complexity index is 1160. The molecule has 0 aliphatic carbocycles. The van der Waals surface area contributed by atoms with Gasteiger partial charge in [-0.15, -0.1) is 0 Å². The van der Waals surface area contributed by atoms with Crippen molar-refractivity contribution in [3.63, 3.8) is 0 Å². The summed E-state index contributed by atoms with van der Waals surface area (Å²) < 4.78 is 4.60. The van der Waals surface area contributed by atoms with Crippen molar-refractivity contribution < 1.29 is 19.1 Å². The second-order valence-corrected chi connectivity index (χ2v) is 7.68. The van der Waals surface area contributed by atoms with E-state index >= 15 is 0 Å². The van der Waals surface area contributed by atoms with Gasteiger partial charge in [0.2, 0.25) is 0 Å². The van der Waals surface area contributed by atoms with E-state index in [1.165, 1.54) is 7.11 Å². The van der Waals surface area contributed by atoms with Crippen molar-refractivity contribution >= 4 is 40.1 Å². The van der Waals surface area contributed by atoms with E-state index in [9.17, 15) is 14.4 Å². The summed E-state index contributed by atoms with van der Waals surface area (Å²) in [5, 5.41) is 10.2. The van der Waals surface area contributed by atoms with Crippen molar-refractivity contribution in [3.8, 4) is 0 Å². The van der Waals surface area contributed by atoms with Crippen molar-refractivity contribution in [1.29, 1.82) is 0 Å². The van der Waals surface area contributed by atoms with Gasteiger partial charge in [-0.3, -0.25) is 9.59 Å². The summed E-state index contributed by atoms with van der Waals surface area (Å²) in [4.78, 5) is 37.0. The number of aryl methyl sites for hydroxylation is 3. The number of nitrogens with one attached hydrogen (secondary N) is 3. The van der Waals surface area contributed by atoms with Gasteiger partial charge < -0.3 is 20.7 Å². The lowest BCUT2D eigenvalue weighted by Gasteiger charge is -2.16. The summed E-state index contributed by atoms with van der Waals surface area (Å²) in [6.45, 7) is 6.01. The number of anilines is 2. The highest BCUT2D eigenvalue weighted by Gasteiger charge is 2.16. The van der Waals surface area contributed by atoms with Crippen LogP contribution in [-0.4, -0.2) is 31.6 Å². The zero-order chi connectivity index (χ0) is 23.3. The number of hydrogen-bond acceptors (Lipinski definition) is 4. The second kappa shape index (κ2) is 9.96. The quantitative estimate of drug-likeness (QED) is 0.491. The van der Waals surface area contributed by atoms with E-state index in [1.54, 1.807) is 12.1 Å². The molecule has 0 atom stereocenters. The maximum absolute atomic E-state index is 12.8. The van der Waals surface area contributed by atoms with E-state index in [2.05, 4.69) is 20.7 Å². The number of rotatable bonds is 6. The van der Waals surface area contributed by atoms with E-state index in [0.29, 0.717) is 11.3 Å². The number of amides is 3. The number of esters is 1. The Balaban J connectivity index is 1.85. The minimum absolute atomic E-state index is 0.0606. The van der Waals surface area contributed by atoms with Crippen molar-refractivity contribution in [1.82, 2.24) is 5.32 Å². The van der Waals surface area contributed by atoms with E-state index in [1.807, 2.05) is 57.2 Å². The smallest absolute Gasteiger partial charge is 0.323 e. The first kappa shape index (κ1) is 22.8. The van der Waals surface area contributed by atoms with Gasteiger partial charge in [0.25, 0.3) is 5.91 Å². The highest BCUT2D eigenvalue weighted by atomic mass is 16.5. The van der Waals surface area contributed by atoms with E-state index in [0.717, 1.165) is 33.2 Å². The molecule has 0 fully saturated rings. The molecule has 7 nitrogen and oxygen atoms in total. The lowest BCUT2D eigenvalue weighted by molar-refractivity contribution is -0.140. The number of hydrogen-bond donors (Lipinski definition) is 3. The van der Waals surface area contributed by atoms with Crippen LogP contribution >= 0.6 is 0 Å². The molecule has 7 heteroatoms. The zero-order valence-corrected chi connectivity index (χ0v) is 18.7. The first-order valence-electron chi connectivity index (χ1n) is 10.3. The molecule has 3 aromatic rings. The van der Waals surface area contributed by atoms with Crippen LogP contribution in [0, 0.1) is 20.8 Å². The topological polar surface area (TPSA) is 96.5 Å². The third kappa shape index (κ3) is 5.43. The van der Waals surface area contributed by atoms with Crippen molar-refractivity contribution in [2.45, 2.75) is 27.2 Å². The Labute approximate surface area is 187 Å². The van der Waals surface area contributed by atoms with Gasteiger partial charge in [0.15, 0.2) is 0 Å². The zero-order valence-electron chi connectivity index (χ0n) is 18.7. The number of ether oxygens (including phenoxy) is 1. The first-order valence-corrected chi connectivity index (χ1v) is 10.3. The maximum Gasteiger partial charge on any atom is 0.323 e. The third-order valence-electron chi connectivity index (χ3n) is 5.14. The number of carbonyl (C=O) groups excluding carboxylic acids is 3. The van der Waals surface area contributed by atoms with Crippen LogP contribution in [0.3, 0.4) is 0 Å². The minimum atomic E-state index is -0.445. The van der Waals surface area contributed by atoms with Crippen LogP contribution in [-0.2, 0) is 9.53 Å². The highest BCUT2D eigenvalue weighted by molar-refractivity contribution is 6.10. The van der Waals surface area contributed by atoms with Crippen LogP contribution < -0.4 is 16.0 Å². The summed E-state index contributed by atoms with van der Waals surface area (Å²) in [6.07, 6.45) is 0.0606. The van der Waals surface area contributed by atoms with Gasteiger partial charge in [-0.05, 0) is 54.8 Å². The Morgan fingerprint density at radius 1 is 0.875 bits per heavy atom. The summed E-state index contributed by atoms with van der Waals surface area (Å²) in [5.41, 5.74) is 4.44. The standard InChI is InChI=1S/C25H27N3O4/c1-15-11-16(2)23(17(3)12-15)28-25(31)27-21-14-19-8-6-5-7-18(19)13-20(21)24(30)26-10-9-22(29)32-4/h5-8,11-14H,9-10H2,1-4H3,(H,26,30)(H2,27,28,31). The Morgan fingerprint density at radius 3 is 2.12 bits per heavy atom. The SMILES string of the molecule is COC(=O)CCNC(=O)c1cc2ccccc2cc1NC(=O)Nc1c(C)cc(C)cc1C. The van der Waals surface area contributed by atoms with E-state index in [-0.39, 0.29) is 13.0 Å². The molecule has 166 valence electrons. The fourth-order valence-electron chi connectivity index (χ4n) is 3.65. The normalized spacial score (nSPS) is 10.5. The average molecular weight is 434 g/mol. The third-order valence-corrected chi connectivity index (χ3v) is 5.14.